The van der Waals surface area contributed by atoms with E-state index in [-0.39, 0.29) is 29.8 Å². The molecular formula is C28H36N6O2. The summed E-state index contributed by atoms with van der Waals surface area (Å²) in [5.74, 6) is 0.911. The van der Waals surface area contributed by atoms with Crippen LogP contribution >= 0.6 is 0 Å². The number of likely N-dealkylation sites (tertiary alicyclic amines) is 1. The Balaban J connectivity index is 1.41. The Morgan fingerprint density at radius 3 is 2.64 bits per heavy atom. The van der Waals surface area contributed by atoms with Crippen LogP contribution in [0.3, 0.4) is 0 Å². The molecule has 3 atom stereocenters. The van der Waals surface area contributed by atoms with Gasteiger partial charge in [0.2, 0.25) is 11.8 Å². The van der Waals surface area contributed by atoms with E-state index in [9.17, 15) is 9.59 Å². The second kappa shape index (κ2) is 10.8. The number of aromatic nitrogens is 3. The molecule has 2 aliphatic rings. The van der Waals surface area contributed by atoms with Crippen molar-refractivity contribution in [3.05, 3.63) is 54.5 Å². The molecule has 8 nitrogen and oxygen atoms in total. The summed E-state index contributed by atoms with van der Waals surface area (Å²) in [4.78, 5) is 37.9. The first kappa shape index (κ1) is 24.4. The van der Waals surface area contributed by atoms with Crippen molar-refractivity contribution >= 4 is 22.8 Å². The number of fused-ring (bicyclic) bond motifs is 1. The van der Waals surface area contributed by atoms with E-state index in [1.807, 2.05) is 52.9 Å². The second-order valence-electron chi connectivity index (χ2n) is 10.1. The fraction of sp³-hybridized carbons (Fsp3) is 0.500. The summed E-state index contributed by atoms with van der Waals surface area (Å²) in [6.07, 6.45) is 10.9. The summed E-state index contributed by atoms with van der Waals surface area (Å²) in [5.41, 5.74) is 2.99. The number of rotatable bonds is 7. The summed E-state index contributed by atoms with van der Waals surface area (Å²) in [5, 5.41) is 6.12. The Labute approximate surface area is 212 Å². The molecule has 190 valence electrons. The van der Waals surface area contributed by atoms with Crippen LogP contribution in [-0.2, 0) is 9.59 Å². The van der Waals surface area contributed by atoms with E-state index in [1.54, 1.807) is 13.4 Å². The maximum atomic E-state index is 14.0. The molecule has 0 spiro atoms. The minimum absolute atomic E-state index is 0.0289. The molecule has 2 amide bonds. The predicted octanol–water partition coefficient (Wildman–Crippen LogP) is 3.76. The van der Waals surface area contributed by atoms with Crippen molar-refractivity contribution in [2.45, 2.75) is 70.0 Å². The Bertz CT molecular complexity index is 1220. The van der Waals surface area contributed by atoms with Gasteiger partial charge in [-0.05, 0) is 75.4 Å². The van der Waals surface area contributed by atoms with Crippen LogP contribution in [0.5, 0.6) is 0 Å². The fourth-order valence-corrected chi connectivity index (χ4v) is 5.73. The maximum Gasteiger partial charge on any atom is 0.245 e. The van der Waals surface area contributed by atoms with Crippen LogP contribution in [0.2, 0.25) is 0 Å². The van der Waals surface area contributed by atoms with Gasteiger partial charge < -0.3 is 15.5 Å². The van der Waals surface area contributed by atoms with Gasteiger partial charge in [-0.1, -0.05) is 31.4 Å². The molecule has 2 fully saturated rings. The summed E-state index contributed by atoms with van der Waals surface area (Å²) in [6.45, 7) is 2.53. The van der Waals surface area contributed by atoms with Crippen LogP contribution in [0.25, 0.3) is 16.9 Å². The molecule has 0 bridgehead atoms. The lowest BCUT2D eigenvalue weighted by molar-refractivity contribution is -0.139. The Morgan fingerprint density at radius 2 is 1.83 bits per heavy atom. The van der Waals surface area contributed by atoms with Gasteiger partial charge in [-0.2, -0.15) is 0 Å². The van der Waals surface area contributed by atoms with E-state index in [2.05, 4.69) is 26.7 Å². The molecule has 3 aromatic rings. The lowest BCUT2D eigenvalue weighted by Gasteiger charge is -2.35. The summed E-state index contributed by atoms with van der Waals surface area (Å²) >= 11 is 0. The number of hydrogen-bond donors (Lipinski definition) is 2. The minimum atomic E-state index is -0.479. The minimum Gasteiger partial charge on any atom is -0.343 e. The Kier molecular flexibility index (Phi) is 7.32. The molecule has 36 heavy (non-hydrogen) atoms. The lowest BCUT2D eigenvalue weighted by atomic mass is 9.83. The third kappa shape index (κ3) is 4.87. The van der Waals surface area contributed by atoms with Crippen LogP contribution in [0.15, 0.2) is 48.9 Å². The normalized spacial score (nSPS) is 20.4. The quantitative estimate of drug-likeness (QED) is 0.528. The van der Waals surface area contributed by atoms with Crippen molar-refractivity contribution in [1.82, 2.24) is 30.1 Å². The summed E-state index contributed by atoms with van der Waals surface area (Å²) in [7, 11) is 1.77. The van der Waals surface area contributed by atoms with Gasteiger partial charge in [0.1, 0.15) is 18.2 Å². The smallest absolute Gasteiger partial charge is 0.245 e. The van der Waals surface area contributed by atoms with E-state index < -0.39 is 6.04 Å². The molecule has 5 rings (SSSR count). The van der Waals surface area contributed by atoms with E-state index in [0.717, 1.165) is 60.9 Å². The van der Waals surface area contributed by atoms with Crippen molar-refractivity contribution in [3.8, 4) is 5.82 Å². The first-order valence-corrected chi connectivity index (χ1v) is 13.2. The number of carbonyl (C=O) groups excluding carboxylic acids is 2. The van der Waals surface area contributed by atoms with Crippen molar-refractivity contribution < 1.29 is 9.59 Å². The van der Waals surface area contributed by atoms with E-state index in [0.29, 0.717) is 6.54 Å². The van der Waals surface area contributed by atoms with Gasteiger partial charge in [-0.25, -0.2) is 9.97 Å². The molecule has 3 heterocycles. The summed E-state index contributed by atoms with van der Waals surface area (Å²) in [6, 6.07) is 11.2. The Morgan fingerprint density at radius 1 is 1.03 bits per heavy atom. The number of nitrogens with zero attached hydrogens (tertiary/aromatic N) is 4. The van der Waals surface area contributed by atoms with Crippen molar-refractivity contribution in [3.63, 3.8) is 0 Å². The van der Waals surface area contributed by atoms with Crippen LogP contribution in [0.1, 0.15) is 63.5 Å². The number of carbonyl (C=O) groups is 2. The van der Waals surface area contributed by atoms with Gasteiger partial charge >= 0.3 is 0 Å². The van der Waals surface area contributed by atoms with Gasteiger partial charge in [0.25, 0.3) is 0 Å². The van der Waals surface area contributed by atoms with E-state index >= 15 is 0 Å². The predicted molar refractivity (Wildman–Crippen MR) is 140 cm³/mol. The third-order valence-electron chi connectivity index (χ3n) is 7.90. The molecule has 2 aromatic heterocycles. The number of amides is 2. The van der Waals surface area contributed by atoms with Crippen molar-refractivity contribution in [2.24, 2.45) is 5.92 Å². The number of likely N-dealkylation sites (N-methyl/N-ethyl adjacent to an activating group) is 1. The second-order valence-corrected chi connectivity index (χ2v) is 10.1. The zero-order valence-corrected chi connectivity index (χ0v) is 21.2. The number of para-hydroxylation sites is 2. The monoisotopic (exact) mass is 488 g/mol. The van der Waals surface area contributed by atoms with Crippen molar-refractivity contribution in [1.29, 1.82) is 0 Å². The third-order valence-corrected chi connectivity index (χ3v) is 7.90. The standard InChI is InChI=1S/C28H36N6O2/c1-19(29-2)27(35)32-26(20-9-4-3-5-10-20)28(36)33-16-8-13-23(33)21-14-15-30-25(17-21)34-18-31-22-11-6-7-12-24(22)34/h6-7,11-12,14-15,17-20,23,26,29H,3-5,8-10,13,16H2,1-2H3,(H,32,35)/t19?,23-,26-/m0/s1. The van der Waals surface area contributed by atoms with Gasteiger partial charge in [0.15, 0.2) is 0 Å². The van der Waals surface area contributed by atoms with Gasteiger partial charge in [-0.3, -0.25) is 14.2 Å². The zero-order chi connectivity index (χ0) is 25.1. The molecule has 1 unspecified atom stereocenters. The molecule has 0 radical (unpaired) electrons. The number of benzene rings is 1. The molecule has 1 aliphatic carbocycles. The van der Waals surface area contributed by atoms with Gasteiger partial charge in [0, 0.05) is 12.7 Å². The SMILES string of the molecule is CNC(C)C(=O)N[C@H](C(=O)N1CCC[C@H]1c1ccnc(-n2cnc3ccccc32)c1)C1CCCCC1. The highest BCUT2D eigenvalue weighted by molar-refractivity contribution is 5.90. The highest BCUT2D eigenvalue weighted by Gasteiger charge is 2.39. The first-order chi connectivity index (χ1) is 17.6. The fourth-order valence-electron chi connectivity index (χ4n) is 5.73. The molecule has 8 heteroatoms. The zero-order valence-electron chi connectivity index (χ0n) is 21.2. The van der Waals surface area contributed by atoms with Crippen LogP contribution in [0, 0.1) is 5.92 Å². The molecule has 1 saturated carbocycles. The largest absolute Gasteiger partial charge is 0.343 e. The van der Waals surface area contributed by atoms with Crippen LogP contribution < -0.4 is 10.6 Å². The highest BCUT2D eigenvalue weighted by atomic mass is 16.2. The Hall–Kier alpha value is -3.26. The van der Waals surface area contributed by atoms with Gasteiger partial charge in [-0.15, -0.1) is 0 Å². The van der Waals surface area contributed by atoms with E-state index in [4.69, 9.17) is 0 Å². The maximum absolute atomic E-state index is 14.0. The lowest BCUT2D eigenvalue weighted by Crippen LogP contribution is -2.55. The number of hydrogen-bond acceptors (Lipinski definition) is 5. The molecule has 1 aliphatic heterocycles. The molecule has 2 N–H and O–H groups in total. The summed E-state index contributed by atoms with van der Waals surface area (Å²) < 4.78 is 1.99. The molecule has 1 aromatic carbocycles. The average Bonchev–Trinajstić information content (AvgIpc) is 3.59. The molecular weight excluding hydrogens is 452 g/mol. The average molecular weight is 489 g/mol. The topological polar surface area (TPSA) is 92.2 Å². The number of pyridine rings is 1. The van der Waals surface area contributed by atoms with Crippen LogP contribution in [-0.4, -0.2) is 56.9 Å². The molecule has 1 saturated heterocycles. The number of imidazole rings is 1. The first-order valence-electron chi connectivity index (χ1n) is 13.2. The van der Waals surface area contributed by atoms with Crippen LogP contribution in [0.4, 0.5) is 0 Å². The van der Waals surface area contributed by atoms with Gasteiger partial charge in [0.05, 0.1) is 23.1 Å². The highest BCUT2D eigenvalue weighted by Crippen LogP contribution is 2.35. The van der Waals surface area contributed by atoms with E-state index in [1.165, 1.54) is 6.42 Å². The van der Waals surface area contributed by atoms with Crippen molar-refractivity contribution in [2.75, 3.05) is 13.6 Å². The number of nitrogens with one attached hydrogen (secondary N) is 2.